The maximum Gasteiger partial charge on any atom is 0.543 e. The average molecular weight is 1280 g/mol. The number of carbonyl (C=O) groups is 3. The van der Waals surface area contributed by atoms with Gasteiger partial charge in [-0.3, -0.25) is 42.9 Å². The van der Waals surface area contributed by atoms with E-state index in [1.165, 1.54) is 112 Å². The van der Waals surface area contributed by atoms with Gasteiger partial charge in [0, 0.05) is 36.8 Å². The summed E-state index contributed by atoms with van der Waals surface area (Å²) in [5.74, 6) is 3.95. The molecular formula is C62H62F4N8O14P2. The number of carbonyl (C=O) groups excluding carboxylic acids is 3. The number of benzene rings is 6. The Morgan fingerprint density at radius 2 is 1.19 bits per heavy atom. The Kier molecular flexibility index (Phi) is 24.9. The van der Waals surface area contributed by atoms with Crippen LogP contribution in [0.2, 0.25) is 0 Å². The van der Waals surface area contributed by atoms with Gasteiger partial charge >= 0.3 is 28.4 Å². The van der Waals surface area contributed by atoms with Crippen LogP contribution in [0.25, 0.3) is 33.2 Å². The normalized spacial score (nSPS) is 13.5. The Morgan fingerprint density at radius 3 is 1.68 bits per heavy atom. The fourth-order valence-corrected chi connectivity index (χ4v) is 9.67. The Balaban J connectivity index is 0.000000232. The van der Waals surface area contributed by atoms with Gasteiger partial charge in [0.05, 0.1) is 52.4 Å². The summed E-state index contributed by atoms with van der Waals surface area (Å²) < 4.78 is 89.0. The first-order valence-electron chi connectivity index (χ1n) is 28.1. The van der Waals surface area contributed by atoms with Crippen LogP contribution in [0.5, 0.6) is 0 Å². The molecule has 0 saturated carbocycles. The largest absolute Gasteiger partial charge is 0.563 e. The number of nitrogens with one attached hydrogen (secondary N) is 2. The number of nitrogens with zero attached hydrogens (tertiary/aromatic N) is 5. The average Bonchev–Trinajstić information content (AvgIpc) is 0.815. The molecule has 0 saturated heterocycles. The topological polar surface area (TPSA) is 310 Å². The van der Waals surface area contributed by atoms with Crippen molar-refractivity contribution in [2.24, 2.45) is 10.9 Å². The van der Waals surface area contributed by atoms with Crippen LogP contribution >= 0.6 is 16.5 Å². The maximum atomic E-state index is 13.7. The highest BCUT2D eigenvalue weighted by Gasteiger charge is 2.23. The second-order valence-corrected chi connectivity index (χ2v) is 22.5. The molecule has 0 aliphatic carbocycles. The van der Waals surface area contributed by atoms with Crippen molar-refractivity contribution in [2.45, 2.75) is 96.7 Å². The molecule has 22 nitrogen and oxygen atoms in total. The number of amidine groups is 1. The van der Waals surface area contributed by atoms with Crippen LogP contribution in [0.4, 0.5) is 17.6 Å². The number of hydrogen-bond acceptors (Lipinski definition) is 19. The monoisotopic (exact) mass is 1280 g/mol. The number of ether oxygens (including phenoxy) is 2. The van der Waals surface area contributed by atoms with Crippen LogP contribution in [0, 0.1) is 23.3 Å². The maximum absolute atomic E-state index is 13.7. The first kappa shape index (κ1) is 68.6. The Morgan fingerprint density at radius 1 is 0.700 bits per heavy atom. The highest BCUT2D eigenvalue weighted by molar-refractivity contribution is 7.44. The molecule has 6 aromatic carbocycles. The number of aryl methyl sites for hydroxylation is 2. The lowest BCUT2D eigenvalue weighted by Gasteiger charge is -2.22. The minimum absolute atomic E-state index is 0.0565. The summed E-state index contributed by atoms with van der Waals surface area (Å²) in [6, 6.07) is 31.6. The van der Waals surface area contributed by atoms with E-state index in [1.807, 2.05) is 0 Å². The van der Waals surface area contributed by atoms with Gasteiger partial charge in [-0.25, -0.2) is 38.9 Å². The van der Waals surface area contributed by atoms with E-state index in [1.54, 1.807) is 58.0 Å². The second-order valence-electron chi connectivity index (χ2n) is 21.0. The third-order valence-electron chi connectivity index (χ3n) is 13.3. The molecule has 1 aliphatic rings. The summed E-state index contributed by atoms with van der Waals surface area (Å²) in [5, 5.41) is 3.47. The number of aliphatic imine (C=N–C) groups is 1. The van der Waals surface area contributed by atoms with Crippen molar-refractivity contribution in [1.29, 1.82) is 0 Å². The number of esters is 2. The van der Waals surface area contributed by atoms with Crippen molar-refractivity contribution in [2.75, 3.05) is 19.8 Å². The number of halogens is 4. The Hall–Kier alpha value is -8.84. The van der Waals surface area contributed by atoms with Crippen LogP contribution in [0.1, 0.15) is 117 Å². The zero-order valence-electron chi connectivity index (χ0n) is 49.1. The Bertz CT molecular complexity index is 3990. The van der Waals surface area contributed by atoms with Gasteiger partial charge in [0.2, 0.25) is 0 Å². The number of hydrogen-bond donors (Lipinski definition) is 3. The summed E-state index contributed by atoms with van der Waals surface area (Å²) in [7, 11) is -6.47. The molecule has 0 bridgehead atoms. The van der Waals surface area contributed by atoms with E-state index >= 15 is 0 Å². The third-order valence-corrected chi connectivity index (χ3v) is 14.4. The minimum Gasteiger partial charge on any atom is -0.563 e. The summed E-state index contributed by atoms with van der Waals surface area (Å²) in [6.45, 7) is 7.71. The van der Waals surface area contributed by atoms with Crippen molar-refractivity contribution < 1.29 is 74.3 Å². The lowest BCUT2D eigenvalue weighted by Crippen LogP contribution is -2.32. The van der Waals surface area contributed by atoms with E-state index in [9.17, 15) is 60.5 Å². The molecule has 0 radical (unpaired) electrons. The number of nitrogens with two attached hydrogens (primary N) is 1. The SMILES string of the molecule is CC(C)(C)OC(=O)CCCCc1nc2cc(C(=O)N[C@@H](CON)c3ccc(F)cc3)ccc2c(=O)n1-c1ccc(F)cc1.CCOC(=O)CCCCc1nc2cc(C3=N[C@H](c4ccc(F)cc4)CON3)ccc2c(=O)n1-c1ccc(F)cc1.O=[P+]([O-])O[P+](=O)[O-]. The minimum atomic E-state index is -3.24. The van der Waals surface area contributed by atoms with Crippen molar-refractivity contribution in [1.82, 2.24) is 29.9 Å². The number of amides is 1. The summed E-state index contributed by atoms with van der Waals surface area (Å²) >= 11 is 0. The molecule has 1 aliphatic heterocycles. The molecule has 4 atom stereocenters. The first-order chi connectivity index (χ1) is 43.0. The van der Waals surface area contributed by atoms with Crippen LogP contribution in [0.3, 0.4) is 0 Å². The smallest absolute Gasteiger partial charge is 0.543 e. The molecule has 2 aromatic heterocycles. The summed E-state index contributed by atoms with van der Waals surface area (Å²) in [4.78, 5) is 108. The molecule has 1 amide bonds. The fourth-order valence-electron chi connectivity index (χ4n) is 9.24. The number of unbranched alkanes of at least 4 members (excludes halogenated alkanes) is 2. The summed E-state index contributed by atoms with van der Waals surface area (Å²) in [5.41, 5.74) is 5.58. The van der Waals surface area contributed by atoms with E-state index in [-0.39, 0.29) is 71.9 Å². The third kappa shape index (κ3) is 19.8. The molecule has 90 heavy (non-hydrogen) atoms. The molecule has 3 heterocycles. The lowest BCUT2D eigenvalue weighted by atomic mass is 10.1. The van der Waals surface area contributed by atoms with E-state index in [4.69, 9.17) is 40.0 Å². The lowest BCUT2D eigenvalue weighted by molar-refractivity contribution is -0.198. The van der Waals surface area contributed by atoms with E-state index in [0.717, 1.165) is 5.56 Å². The molecule has 4 N–H and O–H groups in total. The summed E-state index contributed by atoms with van der Waals surface area (Å²) in [6.07, 6.45) is 3.42. The predicted octanol–water partition coefficient (Wildman–Crippen LogP) is 9.08. The van der Waals surface area contributed by atoms with Gasteiger partial charge in [-0.15, -0.1) is 0 Å². The standard InChI is InChI=1S/C32H34F2N4O5.C30H28F2N4O4.O5P2/c1-32(2,3)43-29(39)7-5-4-6-28-36-26-18-21(30(40)37-27(19-42-35)20-8-11-22(33)12-9-20)10-17-25(26)31(41)38(28)24-15-13-23(34)14-16-24;1-2-39-28(37)6-4-3-5-27-33-25-17-20(29-34-26(18-40-35-29)19-7-10-21(31)11-8-19)9-16-24(25)30(38)36(27)23-14-12-22(32)13-15-23;1-6(2)5-7(3)4/h8-18,27H,4-7,19,35H2,1-3H3,(H,37,40);7-17,26H,2-6,18H2,1H3,(H,34,35);/t27-;26-;/m00./s1. The van der Waals surface area contributed by atoms with Gasteiger partial charge in [0.25, 0.3) is 17.0 Å². The van der Waals surface area contributed by atoms with Gasteiger partial charge in [-0.2, -0.15) is 0 Å². The molecule has 8 aromatic rings. The number of rotatable bonds is 22. The Labute approximate surface area is 514 Å². The molecule has 2 unspecified atom stereocenters. The van der Waals surface area contributed by atoms with Crippen molar-refractivity contribution in [3.8, 4) is 11.4 Å². The van der Waals surface area contributed by atoms with Crippen LogP contribution < -0.4 is 37.6 Å². The zero-order valence-corrected chi connectivity index (χ0v) is 50.9. The van der Waals surface area contributed by atoms with Crippen molar-refractivity contribution >= 4 is 62.0 Å². The molecule has 0 spiro atoms. The molecule has 472 valence electrons. The zero-order chi connectivity index (χ0) is 65.1. The van der Waals surface area contributed by atoms with E-state index < -0.39 is 51.5 Å². The van der Waals surface area contributed by atoms with Crippen molar-refractivity contribution in [3.05, 3.63) is 211 Å². The quantitative estimate of drug-likeness (QED) is 0.0187. The van der Waals surface area contributed by atoms with Gasteiger partial charge in [-0.05, 0) is 177 Å². The molecule has 28 heteroatoms. The van der Waals surface area contributed by atoms with E-state index in [2.05, 4.69) is 15.1 Å². The van der Waals surface area contributed by atoms with Gasteiger partial charge in [-0.1, -0.05) is 30.3 Å². The molecular weight excluding hydrogens is 1220 g/mol. The van der Waals surface area contributed by atoms with Crippen LogP contribution in [-0.2, 0) is 55.0 Å². The van der Waals surface area contributed by atoms with Gasteiger partial charge in [0.15, 0.2) is 5.84 Å². The van der Waals surface area contributed by atoms with Crippen LogP contribution in [0.15, 0.2) is 148 Å². The predicted molar refractivity (Wildman–Crippen MR) is 320 cm³/mol. The highest BCUT2D eigenvalue weighted by Crippen LogP contribution is 2.26. The highest BCUT2D eigenvalue weighted by atomic mass is 31.2. The van der Waals surface area contributed by atoms with Gasteiger partial charge < -0.3 is 29.4 Å². The molecule has 0 fully saturated rings. The molecule has 9 rings (SSSR count). The van der Waals surface area contributed by atoms with Crippen LogP contribution in [-0.4, -0.2) is 68.2 Å². The first-order valence-corrected chi connectivity index (χ1v) is 30.3. The second kappa shape index (κ2) is 32.6. The van der Waals surface area contributed by atoms with Crippen molar-refractivity contribution in [3.63, 3.8) is 0 Å². The number of aromatic nitrogens is 4. The number of fused-ring (bicyclic) bond motifs is 2. The number of hydroxylamine groups is 1. The fraction of sp³-hybridized carbons (Fsp3) is 0.290. The van der Waals surface area contributed by atoms with Gasteiger partial charge in [0.1, 0.15) is 57.5 Å². The van der Waals surface area contributed by atoms with E-state index in [0.29, 0.717) is 102 Å².